The van der Waals surface area contributed by atoms with Crippen LogP contribution in [0.15, 0.2) is 23.3 Å². The van der Waals surface area contributed by atoms with Crippen LogP contribution in [0.25, 0.3) is 0 Å². The van der Waals surface area contributed by atoms with Crippen LogP contribution in [-0.2, 0) is 9.59 Å². The summed E-state index contributed by atoms with van der Waals surface area (Å²) in [7, 11) is 0. The van der Waals surface area contributed by atoms with Gasteiger partial charge in [-0.1, -0.05) is 25.0 Å². The highest BCUT2D eigenvalue weighted by molar-refractivity contribution is 5.72. The van der Waals surface area contributed by atoms with Crippen LogP contribution in [0.3, 0.4) is 0 Å². The number of aldehydes is 2. The Labute approximate surface area is 98.4 Å². The van der Waals surface area contributed by atoms with E-state index in [4.69, 9.17) is 0 Å². The van der Waals surface area contributed by atoms with Gasteiger partial charge in [0, 0.05) is 0 Å². The van der Waals surface area contributed by atoms with E-state index in [2.05, 4.69) is 0 Å². The quantitative estimate of drug-likeness (QED) is 0.339. The molecule has 0 N–H and O–H groups in total. The Bertz CT molecular complexity index is 234. The van der Waals surface area contributed by atoms with E-state index in [9.17, 15) is 9.59 Å². The van der Waals surface area contributed by atoms with Crippen LogP contribution >= 0.6 is 0 Å². The zero-order valence-corrected chi connectivity index (χ0v) is 10.4. The van der Waals surface area contributed by atoms with Crippen molar-refractivity contribution >= 4 is 12.6 Å². The van der Waals surface area contributed by atoms with E-state index in [1.165, 1.54) is 12.8 Å². The van der Waals surface area contributed by atoms with Crippen LogP contribution in [0.1, 0.15) is 52.4 Å². The standard InChI is InChI=1S/C14H22O2/c1-13(11-15)9-7-5-3-4-6-8-10-14(2)12-16/h9-12H,3-8H2,1-2H3. The molecule has 0 radical (unpaired) electrons. The Balaban J connectivity index is 3.35. The zero-order valence-electron chi connectivity index (χ0n) is 10.4. The van der Waals surface area contributed by atoms with E-state index in [1.807, 2.05) is 26.0 Å². The molecule has 2 nitrogen and oxygen atoms in total. The first-order chi connectivity index (χ1) is 7.70. The Morgan fingerprint density at radius 1 is 0.750 bits per heavy atom. The highest BCUT2D eigenvalue weighted by atomic mass is 16.1. The van der Waals surface area contributed by atoms with Crippen molar-refractivity contribution in [2.24, 2.45) is 0 Å². The fourth-order valence-corrected chi connectivity index (χ4v) is 1.40. The van der Waals surface area contributed by atoms with Gasteiger partial charge in [-0.3, -0.25) is 9.59 Å². The van der Waals surface area contributed by atoms with Crippen LogP contribution in [0, 0.1) is 0 Å². The minimum absolute atomic E-state index is 0.824. The van der Waals surface area contributed by atoms with Crippen LogP contribution in [0.4, 0.5) is 0 Å². The summed E-state index contributed by atoms with van der Waals surface area (Å²) >= 11 is 0. The van der Waals surface area contributed by atoms with E-state index in [-0.39, 0.29) is 0 Å². The van der Waals surface area contributed by atoms with Gasteiger partial charge in [-0.25, -0.2) is 0 Å². The van der Waals surface area contributed by atoms with Gasteiger partial charge in [0.2, 0.25) is 0 Å². The first kappa shape index (κ1) is 14.8. The van der Waals surface area contributed by atoms with Gasteiger partial charge < -0.3 is 0 Å². The molecule has 16 heavy (non-hydrogen) atoms. The summed E-state index contributed by atoms with van der Waals surface area (Å²) in [6, 6.07) is 0. The molecule has 0 rings (SSSR count). The molecule has 0 aromatic carbocycles. The van der Waals surface area contributed by atoms with Crippen molar-refractivity contribution in [3.63, 3.8) is 0 Å². The number of unbranched alkanes of at least 4 members (excludes halogenated alkanes) is 5. The van der Waals surface area contributed by atoms with E-state index in [0.717, 1.165) is 49.4 Å². The van der Waals surface area contributed by atoms with Crippen molar-refractivity contribution in [2.75, 3.05) is 0 Å². The Kier molecular flexibility index (Phi) is 9.58. The van der Waals surface area contributed by atoms with Crippen molar-refractivity contribution < 1.29 is 9.59 Å². The van der Waals surface area contributed by atoms with Gasteiger partial charge in [0.05, 0.1) is 0 Å². The van der Waals surface area contributed by atoms with E-state index in [0.29, 0.717) is 0 Å². The van der Waals surface area contributed by atoms with E-state index < -0.39 is 0 Å². The monoisotopic (exact) mass is 222 g/mol. The highest BCUT2D eigenvalue weighted by Crippen LogP contribution is 2.08. The first-order valence-electron chi connectivity index (χ1n) is 5.94. The van der Waals surface area contributed by atoms with Gasteiger partial charge in [-0.15, -0.1) is 0 Å². The lowest BCUT2D eigenvalue weighted by Gasteiger charge is -1.97. The second kappa shape index (κ2) is 10.3. The van der Waals surface area contributed by atoms with Crippen molar-refractivity contribution in [2.45, 2.75) is 52.4 Å². The second-order valence-corrected chi connectivity index (χ2v) is 4.12. The Morgan fingerprint density at radius 2 is 1.12 bits per heavy atom. The molecule has 0 fully saturated rings. The molecule has 90 valence electrons. The summed E-state index contributed by atoms with van der Waals surface area (Å²) in [6.45, 7) is 3.67. The molecule has 0 unspecified atom stereocenters. The highest BCUT2D eigenvalue weighted by Gasteiger charge is 1.90. The Hall–Kier alpha value is -1.18. The van der Waals surface area contributed by atoms with Gasteiger partial charge in [-0.2, -0.15) is 0 Å². The van der Waals surface area contributed by atoms with Gasteiger partial charge in [0.25, 0.3) is 0 Å². The number of hydrogen-bond donors (Lipinski definition) is 0. The Morgan fingerprint density at radius 3 is 1.44 bits per heavy atom. The number of allylic oxidation sites excluding steroid dienone is 4. The molecular weight excluding hydrogens is 200 g/mol. The summed E-state index contributed by atoms with van der Waals surface area (Å²) in [6.07, 6.45) is 12.4. The lowest BCUT2D eigenvalue weighted by atomic mass is 10.1. The summed E-state index contributed by atoms with van der Waals surface area (Å²) in [5, 5.41) is 0. The van der Waals surface area contributed by atoms with Crippen LogP contribution in [0.5, 0.6) is 0 Å². The summed E-state index contributed by atoms with van der Waals surface area (Å²) in [5.41, 5.74) is 1.65. The average molecular weight is 222 g/mol. The van der Waals surface area contributed by atoms with Crippen molar-refractivity contribution in [3.8, 4) is 0 Å². The summed E-state index contributed by atoms with van der Waals surface area (Å²) in [4.78, 5) is 20.6. The van der Waals surface area contributed by atoms with Crippen LogP contribution in [0.2, 0.25) is 0 Å². The lowest BCUT2D eigenvalue weighted by molar-refractivity contribution is -0.105. The van der Waals surface area contributed by atoms with Gasteiger partial charge in [0.15, 0.2) is 0 Å². The second-order valence-electron chi connectivity index (χ2n) is 4.12. The molecular formula is C14H22O2. The summed E-state index contributed by atoms with van der Waals surface area (Å²) in [5.74, 6) is 0. The normalized spacial score (nSPS) is 12.6. The molecule has 0 aromatic rings. The van der Waals surface area contributed by atoms with Crippen LogP contribution < -0.4 is 0 Å². The van der Waals surface area contributed by atoms with Crippen molar-refractivity contribution in [1.82, 2.24) is 0 Å². The number of carbonyl (C=O) groups is 2. The number of rotatable bonds is 9. The molecule has 0 aliphatic carbocycles. The maximum absolute atomic E-state index is 10.3. The minimum atomic E-state index is 0.824. The first-order valence-corrected chi connectivity index (χ1v) is 5.94. The number of carbonyl (C=O) groups excluding carboxylic acids is 2. The molecule has 0 aromatic heterocycles. The minimum Gasteiger partial charge on any atom is -0.298 e. The van der Waals surface area contributed by atoms with Crippen LogP contribution in [-0.4, -0.2) is 12.6 Å². The van der Waals surface area contributed by atoms with E-state index in [1.54, 1.807) is 0 Å². The molecule has 0 saturated carbocycles. The third-order valence-corrected chi connectivity index (χ3v) is 2.46. The number of hydrogen-bond acceptors (Lipinski definition) is 2. The third kappa shape index (κ3) is 9.38. The molecule has 0 spiro atoms. The lowest BCUT2D eigenvalue weighted by Crippen LogP contribution is -1.81. The van der Waals surface area contributed by atoms with Gasteiger partial charge in [-0.05, 0) is 50.7 Å². The molecule has 0 heterocycles. The molecule has 0 amide bonds. The molecule has 0 bridgehead atoms. The molecule has 0 aliphatic heterocycles. The SMILES string of the molecule is CC(C=O)=CCCCCCCC=C(C)C=O. The van der Waals surface area contributed by atoms with Crippen molar-refractivity contribution in [1.29, 1.82) is 0 Å². The largest absolute Gasteiger partial charge is 0.298 e. The molecule has 0 aliphatic rings. The topological polar surface area (TPSA) is 34.1 Å². The predicted octanol–water partition coefficient (Wildman–Crippen LogP) is 3.62. The third-order valence-electron chi connectivity index (χ3n) is 2.46. The smallest absolute Gasteiger partial charge is 0.145 e. The summed E-state index contributed by atoms with van der Waals surface area (Å²) < 4.78 is 0. The molecule has 2 heteroatoms. The van der Waals surface area contributed by atoms with E-state index >= 15 is 0 Å². The fourth-order valence-electron chi connectivity index (χ4n) is 1.40. The zero-order chi connectivity index (χ0) is 12.2. The van der Waals surface area contributed by atoms with Gasteiger partial charge in [0.1, 0.15) is 12.6 Å². The van der Waals surface area contributed by atoms with Crippen molar-refractivity contribution in [3.05, 3.63) is 23.3 Å². The molecule has 0 atom stereocenters. The average Bonchev–Trinajstić information content (AvgIpc) is 2.31. The fraction of sp³-hybridized carbons (Fsp3) is 0.571. The maximum Gasteiger partial charge on any atom is 0.145 e. The predicted molar refractivity (Wildman–Crippen MR) is 67.3 cm³/mol. The maximum atomic E-state index is 10.3. The van der Waals surface area contributed by atoms with Gasteiger partial charge >= 0.3 is 0 Å². The molecule has 0 saturated heterocycles.